The normalized spacial score (nSPS) is 12.2. The molecule has 3 aromatic rings. The van der Waals surface area contributed by atoms with E-state index >= 15 is 0 Å². The summed E-state index contributed by atoms with van der Waals surface area (Å²) in [7, 11) is -4.23. The van der Waals surface area contributed by atoms with Gasteiger partial charge in [-0.05, 0) is 63.1 Å². The summed E-state index contributed by atoms with van der Waals surface area (Å²) in [5.74, 6) is -0.872. The van der Waals surface area contributed by atoms with Crippen LogP contribution >= 0.6 is 23.2 Å². The molecule has 0 unspecified atom stereocenters. The summed E-state index contributed by atoms with van der Waals surface area (Å²) >= 11 is 12.6. The number of nitrogens with zero attached hydrogens (tertiary/aromatic N) is 2. The van der Waals surface area contributed by atoms with Crippen LogP contribution in [0.5, 0.6) is 0 Å². The van der Waals surface area contributed by atoms with Gasteiger partial charge in [0.1, 0.15) is 12.6 Å². The number of hydrogen-bond acceptors (Lipinski definition) is 4. The average Bonchev–Trinajstić information content (AvgIpc) is 2.89. The van der Waals surface area contributed by atoms with Gasteiger partial charge in [0.15, 0.2) is 0 Å². The van der Waals surface area contributed by atoms with E-state index in [1.54, 1.807) is 18.2 Å². The number of halogens is 2. The van der Waals surface area contributed by atoms with E-state index in [2.05, 4.69) is 5.32 Å². The van der Waals surface area contributed by atoms with Crippen molar-refractivity contribution >= 4 is 50.7 Å². The molecule has 0 aliphatic heterocycles. The Morgan fingerprint density at radius 2 is 1.59 bits per heavy atom. The Morgan fingerprint density at radius 3 is 2.18 bits per heavy atom. The Hall–Kier alpha value is -3.07. The van der Waals surface area contributed by atoms with E-state index in [4.69, 9.17) is 23.2 Å². The Bertz CT molecular complexity index is 1400. The van der Waals surface area contributed by atoms with Crippen LogP contribution in [0, 0.1) is 6.92 Å². The molecule has 1 atom stereocenters. The van der Waals surface area contributed by atoms with Gasteiger partial charge in [-0.25, -0.2) is 8.42 Å². The third kappa shape index (κ3) is 7.75. The molecule has 0 saturated carbocycles. The van der Waals surface area contributed by atoms with Gasteiger partial charge >= 0.3 is 0 Å². The summed E-state index contributed by atoms with van der Waals surface area (Å²) in [6.07, 6.45) is 0.333. The lowest BCUT2D eigenvalue weighted by Gasteiger charge is -2.33. The van der Waals surface area contributed by atoms with Crippen molar-refractivity contribution in [2.45, 2.75) is 57.6 Å². The number of nitrogens with one attached hydrogen (secondary N) is 1. The van der Waals surface area contributed by atoms with Crippen LogP contribution < -0.4 is 9.62 Å². The topological polar surface area (TPSA) is 86.8 Å². The van der Waals surface area contributed by atoms with Crippen LogP contribution in [0.4, 0.5) is 5.69 Å². The van der Waals surface area contributed by atoms with Crippen molar-refractivity contribution in [1.29, 1.82) is 0 Å². The van der Waals surface area contributed by atoms with Crippen molar-refractivity contribution in [3.05, 3.63) is 94.0 Å². The zero-order valence-electron chi connectivity index (χ0n) is 22.4. The number of benzene rings is 3. The first-order valence-electron chi connectivity index (χ1n) is 12.6. The maximum atomic E-state index is 14.0. The third-order valence-corrected chi connectivity index (χ3v) is 8.41. The summed E-state index contributed by atoms with van der Waals surface area (Å²) < 4.78 is 28.6. The Morgan fingerprint density at radius 1 is 0.949 bits per heavy atom. The Labute approximate surface area is 240 Å². The minimum Gasteiger partial charge on any atom is -0.352 e. The average molecular weight is 591 g/mol. The molecule has 0 spiro atoms. The molecule has 0 fully saturated rings. The van der Waals surface area contributed by atoms with Crippen LogP contribution in [0.2, 0.25) is 10.0 Å². The maximum Gasteiger partial charge on any atom is 0.264 e. The van der Waals surface area contributed by atoms with E-state index < -0.39 is 28.5 Å². The maximum absolute atomic E-state index is 14.0. The molecule has 10 heteroatoms. The Kier molecular flexibility index (Phi) is 10.4. The molecule has 0 heterocycles. The summed E-state index contributed by atoms with van der Waals surface area (Å²) in [6.45, 7) is 6.98. The fraction of sp³-hybridized carbons (Fsp3) is 0.310. The number of carbonyl (C=O) groups is 2. The van der Waals surface area contributed by atoms with E-state index in [0.717, 1.165) is 15.4 Å². The van der Waals surface area contributed by atoms with Gasteiger partial charge in [-0.1, -0.05) is 78.2 Å². The molecule has 0 aliphatic rings. The van der Waals surface area contributed by atoms with Crippen molar-refractivity contribution in [2.75, 3.05) is 10.8 Å². The molecule has 3 aromatic carbocycles. The van der Waals surface area contributed by atoms with Crippen LogP contribution in [0.1, 0.15) is 38.3 Å². The predicted molar refractivity (Wildman–Crippen MR) is 157 cm³/mol. The number of hydrogen-bond donors (Lipinski definition) is 1. The van der Waals surface area contributed by atoms with Crippen LogP contribution in [0.25, 0.3) is 0 Å². The van der Waals surface area contributed by atoms with Gasteiger partial charge in [-0.15, -0.1) is 0 Å². The highest BCUT2D eigenvalue weighted by Crippen LogP contribution is 2.33. The zero-order chi connectivity index (χ0) is 28.7. The van der Waals surface area contributed by atoms with Gasteiger partial charge in [0.25, 0.3) is 10.0 Å². The molecule has 7 nitrogen and oxygen atoms in total. The zero-order valence-corrected chi connectivity index (χ0v) is 24.7. The largest absolute Gasteiger partial charge is 0.352 e. The molecular weight excluding hydrogens is 557 g/mol. The third-order valence-electron chi connectivity index (χ3n) is 6.08. The second kappa shape index (κ2) is 13.3. The number of carbonyl (C=O) groups excluding carboxylic acids is 2. The van der Waals surface area contributed by atoms with Crippen molar-refractivity contribution in [3.63, 3.8) is 0 Å². The molecule has 39 heavy (non-hydrogen) atoms. The number of anilines is 1. The molecule has 0 aromatic heterocycles. The van der Waals surface area contributed by atoms with Gasteiger partial charge in [0, 0.05) is 17.6 Å². The fourth-order valence-corrected chi connectivity index (χ4v) is 5.98. The van der Waals surface area contributed by atoms with Crippen LogP contribution in [0.15, 0.2) is 77.7 Å². The summed E-state index contributed by atoms with van der Waals surface area (Å²) in [4.78, 5) is 28.6. The number of amides is 2. The number of rotatable bonds is 11. The van der Waals surface area contributed by atoms with Crippen LogP contribution in [-0.4, -0.2) is 43.8 Å². The number of aryl methyl sites for hydroxylation is 1. The first-order valence-corrected chi connectivity index (χ1v) is 14.8. The smallest absolute Gasteiger partial charge is 0.264 e. The molecule has 1 N–H and O–H groups in total. The van der Waals surface area contributed by atoms with E-state index in [9.17, 15) is 18.0 Å². The minimum atomic E-state index is -4.23. The van der Waals surface area contributed by atoms with Gasteiger partial charge in [0.05, 0.1) is 15.6 Å². The molecule has 0 saturated heterocycles. The fourth-order valence-electron chi connectivity index (χ4n) is 4.10. The molecule has 0 bridgehead atoms. The summed E-state index contributed by atoms with van der Waals surface area (Å²) in [5, 5.41) is 3.25. The second-order valence-electron chi connectivity index (χ2n) is 9.52. The molecule has 2 amide bonds. The first kappa shape index (κ1) is 30.5. The van der Waals surface area contributed by atoms with Crippen molar-refractivity contribution in [3.8, 4) is 0 Å². The minimum absolute atomic E-state index is 0.0106. The molecular formula is C29H33Cl2N3O4S. The van der Waals surface area contributed by atoms with Crippen molar-refractivity contribution in [1.82, 2.24) is 10.2 Å². The SMILES string of the molecule is CC[C@@H](C(=O)NC(C)C)N(Cc1ccc(C)cc1)C(=O)CN(c1cc(Cl)ccc1Cl)S(=O)(=O)c1ccccc1. The van der Waals surface area contributed by atoms with Gasteiger partial charge in [0.2, 0.25) is 11.8 Å². The lowest BCUT2D eigenvalue weighted by Crippen LogP contribution is -2.53. The lowest BCUT2D eigenvalue weighted by atomic mass is 10.1. The van der Waals surface area contributed by atoms with E-state index in [-0.39, 0.29) is 39.1 Å². The van der Waals surface area contributed by atoms with Gasteiger partial charge in [-0.2, -0.15) is 0 Å². The van der Waals surface area contributed by atoms with Gasteiger partial charge < -0.3 is 10.2 Å². The van der Waals surface area contributed by atoms with E-state index in [1.165, 1.54) is 35.2 Å². The highest BCUT2D eigenvalue weighted by Gasteiger charge is 2.34. The van der Waals surface area contributed by atoms with Crippen molar-refractivity contribution in [2.24, 2.45) is 0 Å². The number of sulfonamides is 1. The van der Waals surface area contributed by atoms with Gasteiger partial charge in [-0.3, -0.25) is 13.9 Å². The highest BCUT2D eigenvalue weighted by atomic mass is 35.5. The monoisotopic (exact) mass is 589 g/mol. The highest BCUT2D eigenvalue weighted by molar-refractivity contribution is 7.92. The van der Waals surface area contributed by atoms with E-state index in [1.807, 2.05) is 52.0 Å². The van der Waals surface area contributed by atoms with Crippen LogP contribution in [0.3, 0.4) is 0 Å². The summed E-state index contributed by atoms with van der Waals surface area (Å²) in [5.41, 5.74) is 1.93. The van der Waals surface area contributed by atoms with Crippen LogP contribution in [-0.2, 0) is 26.2 Å². The predicted octanol–water partition coefficient (Wildman–Crippen LogP) is 5.83. The quantitative estimate of drug-likeness (QED) is 0.305. The lowest BCUT2D eigenvalue weighted by molar-refractivity contribution is -0.140. The molecule has 0 aliphatic carbocycles. The standard InChI is InChI=1S/C29H33Cl2N3O4S/c1-5-26(29(36)32-20(2)3)33(18-22-13-11-21(4)12-14-22)28(35)19-34(27-17-23(30)15-16-25(27)31)39(37,38)24-9-7-6-8-10-24/h6-17,20,26H,5,18-19H2,1-4H3,(H,32,36)/t26-/m0/s1. The first-order chi connectivity index (χ1) is 18.4. The second-order valence-corrected chi connectivity index (χ2v) is 12.2. The van der Waals surface area contributed by atoms with Crippen molar-refractivity contribution < 1.29 is 18.0 Å². The molecule has 0 radical (unpaired) electrons. The molecule has 3 rings (SSSR count). The Balaban J connectivity index is 2.09. The van der Waals surface area contributed by atoms with E-state index in [0.29, 0.717) is 6.42 Å². The molecule has 208 valence electrons. The summed E-state index contributed by atoms with van der Waals surface area (Å²) in [6, 6.07) is 18.9.